The Morgan fingerprint density at radius 1 is 1.18 bits per heavy atom. The van der Waals surface area contributed by atoms with E-state index >= 15 is 0 Å². The van der Waals surface area contributed by atoms with Gasteiger partial charge in [0.1, 0.15) is 0 Å². The van der Waals surface area contributed by atoms with Crippen molar-refractivity contribution in [2.24, 2.45) is 5.92 Å². The van der Waals surface area contributed by atoms with Crippen LogP contribution in [0, 0.1) is 5.92 Å². The molecule has 0 spiro atoms. The number of hydrogen-bond acceptors (Lipinski definition) is 3. The first-order valence-electron chi connectivity index (χ1n) is 7.33. The lowest BCUT2D eigenvalue weighted by Crippen LogP contribution is -2.12. The Morgan fingerprint density at radius 3 is 2.68 bits per heavy atom. The van der Waals surface area contributed by atoms with Crippen molar-refractivity contribution in [2.45, 2.75) is 12.7 Å². The summed E-state index contributed by atoms with van der Waals surface area (Å²) in [6.45, 7) is 2.24. The van der Waals surface area contributed by atoms with Crippen LogP contribution in [0.4, 0.5) is 5.69 Å². The summed E-state index contributed by atoms with van der Waals surface area (Å²) in [6, 6.07) is 17.1. The summed E-state index contributed by atoms with van der Waals surface area (Å²) in [7, 11) is 0. The van der Waals surface area contributed by atoms with Crippen molar-refractivity contribution in [1.82, 2.24) is 0 Å². The second kappa shape index (κ2) is 8.61. The van der Waals surface area contributed by atoms with Crippen LogP contribution in [0.2, 0.25) is 0 Å². The maximum Gasteiger partial charge on any atom is 0.255 e. The van der Waals surface area contributed by atoms with Gasteiger partial charge >= 0.3 is 0 Å². The zero-order valence-corrected chi connectivity index (χ0v) is 13.5. The quantitative estimate of drug-likeness (QED) is 0.817. The number of aliphatic hydroxyl groups excluding tert-OH is 1. The first-order valence-corrected chi connectivity index (χ1v) is 8.48. The molecule has 0 saturated carbocycles. The first-order chi connectivity index (χ1) is 10.7. The molecule has 0 aliphatic carbocycles. The van der Waals surface area contributed by atoms with Crippen LogP contribution in [-0.4, -0.2) is 23.4 Å². The van der Waals surface area contributed by atoms with E-state index in [9.17, 15) is 4.79 Å². The third-order valence-electron chi connectivity index (χ3n) is 3.20. The van der Waals surface area contributed by atoms with E-state index in [4.69, 9.17) is 5.11 Å². The smallest absolute Gasteiger partial charge is 0.255 e. The monoisotopic (exact) mass is 315 g/mol. The molecule has 0 saturated heterocycles. The highest BCUT2D eigenvalue weighted by Gasteiger charge is 2.07. The molecular weight excluding hydrogens is 294 g/mol. The van der Waals surface area contributed by atoms with Gasteiger partial charge in [-0.15, -0.1) is 0 Å². The molecule has 2 aromatic carbocycles. The van der Waals surface area contributed by atoms with Gasteiger partial charge in [-0.05, 0) is 41.5 Å². The molecule has 0 bridgehead atoms. The van der Waals surface area contributed by atoms with E-state index in [1.807, 2.05) is 61.5 Å². The maximum atomic E-state index is 12.2. The number of amides is 1. The Labute approximate surface area is 135 Å². The van der Waals surface area contributed by atoms with Crippen LogP contribution < -0.4 is 5.32 Å². The summed E-state index contributed by atoms with van der Waals surface area (Å²) >= 11 is 1.77. The van der Waals surface area contributed by atoms with E-state index in [0.717, 1.165) is 22.8 Å². The highest BCUT2D eigenvalue weighted by atomic mass is 32.2. The average molecular weight is 315 g/mol. The summed E-state index contributed by atoms with van der Waals surface area (Å²) in [5.74, 6) is 1.96. The van der Waals surface area contributed by atoms with Crippen LogP contribution in [0.5, 0.6) is 0 Å². The number of carbonyl (C=O) groups excluding carboxylic acids is 1. The second-order valence-corrected chi connectivity index (χ2v) is 6.35. The molecule has 0 radical (unpaired) electrons. The molecule has 1 amide bonds. The molecule has 0 fully saturated rings. The van der Waals surface area contributed by atoms with Gasteiger partial charge in [-0.3, -0.25) is 4.79 Å². The lowest BCUT2D eigenvalue weighted by atomic mass is 10.1. The number of carbonyl (C=O) groups is 1. The van der Waals surface area contributed by atoms with E-state index in [0.29, 0.717) is 11.5 Å². The van der Waals surface area contributed by atoms with Gasteiger partial charge in [0.2, 0.25) is 0 Å². The highest BCUT2D eigenvalue weighted by Crippen LogP contribution is 2.17. The average Bonchev–Trinajstić information content (AvgIpc) is 2.56. The van der Waals surface area contributed by atoms with Crippen LogP contribution in [0.25, 0.3) is 0 Å². The normalized spacial score (nSPS) is 11.9. The van der Waals surface area contributed by atoms with E-state index in [2.05, 4.69) is 5.32 Å². The van der Waals surface area contributed by atoms with E-state index in [-0.39, 0.29) is 12.5 Å². The fourth-order valence-corrected chi connectivity index (χ4v) is 3.00. The molecule has 2 rings (SSSR count). The van der Waals surface area contributed by atoms with Gasteiger partial charge in [-0.2, -0.15) is 11.8 Å². The van der Waals surface area contributed by atoms with Gasteiger partial charge in [0.25, 0.3) is 5.91 Å². The molecule has 0 aliphatic rings. The van der Waals surface area contributed by atoms with E-state index < -0.39 is 0 Å². The summed E-state index contributed by atoms with van der Waals surface area (Å²) in [5.41, 5.74) is 2.58. The number of hydrogen-bond donors (Lipinski definition) is 2. The van der Waals surface area contributed by atoms with E-state index in [1.54, 1.807) is 11.8 Å². The predicted molar refractivity (Wildman–Crippen MR) is 93.2 cm³/mol. The topological polar surface area (TPSA) is 49.3 Å². The molecule has 2 N–H and O–H groups in total. The van der Waals surface area contributed by atoms with Crippen molar-refractivity contribution in [3.63, 3.8) is 0 Å². The molecule has 0 aromatic heterocycles. The number of aliphatic hydroxyl groups is 1. The molecule has 4 heteroatoms. The van der Waals surface area contributed by atoms with Gasteiger partial charge in [-0.25, -0.2) is 0 Å². The third-order valence-corrected chi connectivity index (χ3v) is 4.55. The molecule has 1 unspecified atom stereocenters. The fourth-order valence-electron chi connectivity index (χ4n) is 1.96. The van der Waals surface area contributed by atoms with Crippen molar-refractivity contribution in [2.75, 3.05) is 17.7 Å². The Bertz CT molecular complexity index is 601. The minimum Gasteiger partial charge on any atom is -0.396 e. The number of thioether (sulfide) groups is 1. The summed E-state index contributed by atoms with van der Waals surface area (Å²) in [6.07, 6.45) is 0. The Kier molecular flexibility index (Phi) is 6.49. The summed E-state index contributed by atoms with van der Waals surface area (Å²) < 4.78 is 0. The molecule has 3 nitrogen and oxygen atoms in total. The fraction of sp³-hybridized carbons (Fsp3) is 0.278. The number of benzene rings is 2. The third kappa shape index (κ3) is 5.20. The van der Waals surface area contributed by atoms with Crippen molar-refractivity contribution >= 4 is 23.4 Å². The summed E-state index contributed by atoms with van der Waals surface area (Å²) in [5, 5.41) is 11.9. The van der Waals surface area contributed by atoms with Crippen molar-refractivity contribution in [3.05, 3.63) is 65.7 Å². The van der Waals surface area contributed by atoms with Crippen LogP contribution in [0.3, 0.4) is 0 Å². The van der Waals surface area contributed by atoms with E-state index in [1.165, 1.54) is 0 Å². The maximum absolute atomic E-state index is 12.2. The molecule has 0 aliphatic heterocycles. The van der Waals surface area contributed by atoms with Crippen molar-refractivity contribution in [3.8, 4) is 0 Å². The van der Waals surface area contributed by atoms with Gasteiger partial charge in [-0.1, -0.05) is 37.3 Å². The predicted octanol–water partition coefficient (Wildman–Crippen LogP) is 3.80. The molecule has 1 atom stereocenters. The first kappa shape index (κ1) is 16.6. The lowest BCUT2D eigenvalue weighted by Gasteiger charge is -2.09. The molecule has 0 heterocycles. The van der Waals surface area contributed by atoms with Gasteiger partial charge < -0.3 is 10.4 Å². The van der Waals surface area contributed by atoms with Gasteiger partial charge in [0.05, 0.1) is 0 Å². The zero-order chi connectivity index (χ0) is 15.8. The van der Waals surface area contributed by atoms with Crippen LogP contribution in [0.1, 0.15) is 22.8 Å². The Balaban J connectivity index is 1.94. The second-order valence-electron chi connectivity index (χ2n) is 5.32. The minimum absolute atomic E-state index is 0.0956. The number of nitrogens with one attached hydrogen (secondary N) is 1. The number of para-hydroxylation sites is 1. The van der Waals surface area contributed by atoms with Crippen LogP contribution in [-0.2, 0) is 5.75 Å². The van der Waals surface area contributed by atoms with Gasteiger partial charge in [0, 0.05) is 23.6 Å². The minimum atomic E-state index is -0.0956. The SMILES string of the molecule is CC(CO)CSCc1cccc(C(=O)Nc2ccccc2)c1. The van der Waals surface area contributed by atoms with Crippen molar-refractivity contribution < 1.29 is 9.90 Å². The standard InChI is InChI=1S/C18H21NO2S/c1-14(11-20)12-22-13-15-6-5-7-16(10-15)18(21)19-17-8-3-2-4-9-17/h2-10,14,20H,11-13H2,1H3,(H,19,21). The van der Waals surface area contributed by atoms with Crippen LogP contribution in [0.15, 0.2) is 54.6 Å². The Morgan fingerprint density at radius 2 is 1.95 bits per heavy atom. The zero-order valence-electron chi connectivity index (χ0n) is 12.7. The molecular formula is C18H21NO2S. The van der Waals surface area contributed by atoms with Crippen LogP contribution >= 0.6 is 11.8 Å². The summed E-state index contributed by atoms with van der Waals surface area (Å²) in [4.78, 5) is 12.2. The molecule has 116 valence electrons. The molecule has 22 heavy (non-hydrogen) atoms. The molecule has 2 aromatic rings. The number of anilines is 1. The lowest BCUT2D eigenvalue weighted by molar-refractivity contribution is 0.102. The van der Waals surface area contributed by atoms with Gasteiger partial charge in [0.15, 0.2) is 0 Å². The largest absolute Gasteiger partial charge is 0.396 e. The van der Waals surface area contributed by atoms with Crippen molar-refractivity contribution in [1.29, 1.82) is 0 Å². The highest BCUT2D eigenvalue weighted by molar-refractivity contribution is 7.98. The Hall–Kier alpha value is -1.78. The number of rotatable bonds is 7.